The number of carbonyl (C=O) groups is 9. The second-order valence-electron chi connectivity index (χ2n) is 9.76. The van der Waals surface area contributed by atoms with E-state index < -0.39 is 98.1 Å². The molecule has 0 saturated heterocycles. The van der Waals surface area contributed by atoms with Gasteiger partial charge in [-0.25, -0.2) is 4.90 Å². The molecule has 0 aromatic heterocycles. The molecule has 1 atom stereocenters. The van der Waals surface area contributed by atoms with Crippen LogP contribution in [-0.2, 0) is 57.2 Å². The van der Waals surface area contributed by atoms with Gasteiger partial charge in [-0.05, 0) is 25.1 Å². The number of hydrogen-bond acceptors (Lipinski definition) is 14. The number of imide groups is 1. The zero-order chi connectivity index (χ0) is 35.1. The molecule has 0 aliphatic rings. The Morgan fingerprint density at radius 3 is 1.22 bits per heavy atom. The van der Waals surface area contributed by atoms with E-state index in [-0.39, 0.29) is 16.8 Å². The second kappa shape index (κ2) is 18.5. The number of nitrogens with one attached hydrogen (secondary N) is 2. The summed E-state index contributed by atoms with van der Waals surface area (Å²) in [4.78, 5) is 110. The molecule has 0 fully saturated rings. The molecule has 2 N–H and O–H groups in total. The first-order valence-corrected chi connectivity index (χ1v) is 13.7. The van der Waals surface area contributed by atoms with Gasteiger partial charge in [0.15, 0.2) is 6.10 Å². The highest BCUT2D eigenvalue weighted by atomic mass is 16.6. The van der Waals surface area contributed by atoms with E-state index in [1.165, 1.54) is 6.92 Å². The van der Waals surface area contributed by atoms with E-state index in [1.54, 1.807) is 0 Å². The van der Waals surface area contributed by atoms with E-state index in [9.17, 15) is 43.2 Å². The van der Waals surface area contributed by atoms with Crippen LogP contribution in [0.25, 0.3) is 0 Å². The summed E-state index contributed by atoms with van der Waals surface area (Å²) >= 11 is 0. The minimum atomic E-state index is -1.44. The van der Waals surface area contributed by atoms with Crippen molar-refractivity contribution in [1.29, 1.82) is 0 Å². The molecule has 1 unspecified atom stereocenters. The number of anilines is 1. The summed E-state index contributed by atoms with van der Waals surface area (Å²) in [6.45, 7) is 6.21. The van der Waals surface area contributed by atoms with E-state index in [0.29, 0.717) is 4.90 Å². The molecule has 0 spiro atoms. The van der Waals surface area contributed by atoms with E-state index in [4.69, 9.17) is 23.7 Å². The van der Waals surface area contributed by atoms with Gasteiger partial charge in [0.25, 0.3) is 17.7 Å². The van der Waals surface area contributed by atoms with Crippen LogP contribution in [0.15, 0.2) is 18.2 Å². The highest BCUT2D eigenvalue weighted by Gasteiger charge is 2.30. The Labute approximate surface area is 264 Å². The third-order valence-electron chi connectivity index (χ3n) is 5.55. The summed E-state index contributed by atoms with van der Waals surface area (Å²) in [5, 5.41) is 4.98. The van der Waals surface area contributed by atoms with Gasteiger partial charge in [0, 0.05) is 52.7 Å². The first-order valence-electron chi connectivity index (χ1n) is 13.7. The zero-order valence-corrected chi connectivity index (χ0v) is 26.5. The monoisotopic (exact) mass is 651 g/mol. The van der Waals surface area contributed by atoms with Gasteiger partial charge in [-0.2, -0.15) is 0 Å². The molecule has 0 aliphatic heterocycles. The molecular formula is C29H37N3O14. The molecule has 0 saturated carbocycles. The Bertz CT molecular complexity index is 1250. The quantitative estimate of drug-likeness (QED) is 0.188. The van der Waals surface area contributed by atoms with Gasteiger partial charge in [-0.15, -0.1) is 0 Å². The van der Waals surface area contributed by atoms with Crippen LogP contribution in [0.2, 0.25) is 0 Å². The summed E-state index contributed by atoms with van der Waals surface area (Å²) in [6, 6.07) is 1.18. The lowest BCUT2D eigenvalue weighted by Gasteiger charge is -2.24. The SMILES string of the molecule is CC(=O)OCC(COC(C)=O)NC(=O)c1cc(C(=O)NC(COC(C)=O)COC(C)=O)cc(N(C(C)=O)C(=O)C(C)OC(C)=O)c1. The largest absolute Gasteiger partial charge is 0.464 e. The molecule has 252 valence electrons. The Kier molecular flexibility index (Phi) is 15.5. The second-order valence-corrected chi connectivity index (χ2v) is 9.76. The Morgan fingerprint density at radius 1 is 0.587 bits per heavy atom. The third kappa shape index (κ3) is 14.0. The van der Waals surface area contributed by atoms with Crippen molar-refractivity contribution in [3.05, 3.63) is 29.3 Å². The molecular weight excluding hydrogens is 614 g/mol. The van der Waals surface area contributed by atoms with Crippen LogP contribution in [0, 0.1) is 0 Å². The van der Waals surface area contributed by atoms with Crippen molar-refractivity contribution in [3.63, 3.8) is 0 Å². The highest BCUT2D eigenvalue weighted by Crippen LogP contribution is 2.22. The van der Waals surface area contributed by atoms with Crippen molar-refractivity contribution < 1.29 is 66.8 Å². The maximum absolute atomic E-state index is 13.4. The molecule has 1 aromatic rings. The lowest BCUT2D eigenvalue weighted by Crippen LogP contribution is -2.44. The van der Waals surface area contributed by atoms with E-state index in [0.717, 1.165) is 59.7 Å². The minimum absolute atomic E-state index is 0.276. The van der Waals surface area contributed by atoms with E-state index in [1.807, 2.05) is 0 Å². The summed E-state index contributed by atoms with van der Waals surface area (Å²) in [6.07, 6.45) is -1.44. The molecule has 1 aromatic carbocycles. The van der Waals surface area contributed by atoms with Crippen molar-refractivity contribution in [2.75, 3.05) is 31.3 Å². The number of amides is 4. The molecule has 0 bridgehead atoms. The molecule has 17 heteroatoms. The van der Waals surface area contributed by atoms with Gasteiger partial charge in [0.2, 0.25) is 5.91 Å². The molecule has 0 heterocycles. The Balaban J connectivity index is 3.65. The smallest absolute Gasteiger partial charge is 0.303 e. The van der Waals surface area contributed by atoms with Crippen molar-refractivity contribution >= 4 is 59.2 Å². The Morgan fingerprint density at radius 2 is 0.935 bits per heavy atom. The van der Waals surface area contributed by atoms with Gasteiger partial charge in [0.05, 0.1) is 17.8 Å². The molecule has 0 radical (unpaired) electrons. The maximum Gasteiger partial charge on any atom is 0.303 e. The van der Waals surface area contributed by atoms with Crippen LogP contribution in [-0.4, -0.2) is 98.1 Å². The van der Waals surface area contributed by atoms with Crippen LogP contribution < -0.4 is 15.5 Å². The Hall–Kier alpha value is -5.35. The normalized spacial score (nSPS) is 11.1. The van der Waals surface area contributed by atoms with Gasteiger partial charge < -0.3 is 34.3 Å². The predicted octanol–water partition coefficient (Wildman–Crippen LogP) is -0.0331. The number of hydrogen-bond donors (Lipinski definition) is 2. The fourth-order valence-electron chi connectivity index (χ4n) is 3.62. The molecule has 1 rings (SSSR count). The van der Waals surface area contributed by atoms with Gasteiger partial charge in [0.1, 0.15) is 26.4 Å². The fraction of sp³-hybridized carbons (Fsp3) is 0.483. The maximum atomic E-state index is 13.4. The van der Waals surface area contributed by atoms with Crippen molar-refractivity contribution in [3.8, 4) is 0 Å². The number of rotatable bonds is 15. The van der Waals surface area contributed by atoms with Crippen molar-refractivity contribution in [2.45, 2.75) is 66.7 Å². The zero-order valence-electron chi connectivity index (χ0n) is 26.5. The summed E-state index contributed by atoms with van der Waals surface area (Å²) in [7, 11) is 0. The van der Waals surface area contributed by atoms with Crippen LogP contribution in [0.3, 0.4) is 0 Å². The number of nitrogens with zero attached hydrogens (tertiary/aromatic N) is 1. The van der Waals surface area contributed by atoms with Crippen molar-refractivity contribution in [2.24, 2.45) is 0 Å². The molecule has 4 amide bonds. The lowest BCUT2D eigenvalue weighted by molar-refractivity contribution is -0.152. The molecule has 0 aliphatic carbocycles. The highest BCUT2D eigenvalue weighted by molar-refractivity contribution is 6.16. The topological polar surface area (TPSA) is 227 Å². The van der Waals surface area contributed by atoms with Gasteiger partial charge >= 0.3 is 29.8 Å². The fourth-order valence-corrected chi connectivity index (χ4v) is 3.62. The number of benzene rings is 1. The van der Waals surface area contributed by atoms with Gasteiger partial charge in [-0.3, -0.25) is 43.2 Å². The molecule has 17 nitrogen and oxygen atoms in total. The van der Waals surface area contributed by atoms with E-state index in [2.05, 4.69) is 10.6 Å². The van der Waals surface area contributed by atoms with E-state index >= 15 is 0 Å². The predicted molar refractivity (Wildman–Crippen MR) is 155 cm³/mol. The average Bonchev–Trinajstić information content (AvgIpc) is 2.94. The van der Waals surface area contributed by atoms with Crippen LogP contribution in [0.1, 0.15) is 69.2 Å². The average molecular weight is 652 g/mol. The lowest BCUT2D eigenvalue weighted by atomic mass is 10.1. The third-order valence-corrected chi connectivity index (χ3v) is 5.55. The standard InChI is InChI=1S/C29H37N3O14/c1-15(46-21(7)38)29(41)32(16(2)33)26-9-22(27(39)30-24(11-42-17(3)34)12-43-18(4)35)8-23(10-26)28(40)31-25(13-44-19(5)36)14-45-20(6)37/h8-10,15,24-25H,11-14H2,1-7H3,(H,30,39)(H,31,40). The van der Waals surface area contributed by atoms with Crippen molar-refractivity contribution in [1.82, 2.24) is 10.6 Å². The first-order chi connectivity index (χ1) is 21.4. The van der Waals surface area contributed by atoms with Crippen LogP contribution >= 0.6 is 0 Å². The van der Waals surface area contributed by atoms with Crippen LogP contribution in [0.5, 0.6) is 0 Å². The minimum Gasteiger partial charge on any atom is -0.464 e. The molecule has 46 heavy (non-hydrogen) atoms. The van der Waals surface area contributed by atoms with Crippen LogP contribution in [0.4, 0.5) is 5.69 Å². The number of ether oxygens (including phenoxy) is 5. The summed E-state index contributed by atoms with van der Waals surface area (Å²) < 4.78 is 24.6. The number of carbonyl (C=O) groups excluding carboxylic acids is 9. The van der Waals surface area contributed by atoms with Gasteiger partial charge in [-0.1, -0.05) is 0 Å². The summed E-state index contributed by atoms with van der Waals surface area (Å²) in [5.74, 6) is -7.21. The summed E-state index contributed by atoms with van der Waals surface area (Å²) in [5.41, 5.74) is -0.842. The number of esters is 5. The first kappa shape index (κ1) is 38.7.